The van der Waals surface area contributed by atoms with Gasteiger partial charge in [0.2, 0.25) is 11.8 Å². The van der Waals surface area contributed by atoms with Gasteiger partial charge in [0.15, 0.2) is 5.13 Å². The first-order valence-electron chi connectivity index (χ1n) is 9.02. The fourth-order valence-corrected chi connectivity index (χ4v) is 3.68. The molecule has 0 aliphatic carbocycles. The van der Waals surface area contributed by atoms with Gasteiger partial charge in [-0.3, -0.25) is 9.59 Å². The van der Waals surface area contributed by atoms with E-state index >= 15 is 0 Å². The summed E-state index contributed by atoms with van der Waals surface area (Å²) in [5.74, 6) is -0.242. The van der Waals surface area contributed by atoms with E-state index in [1.165, 1.54) is 35.0 Å². The molecule has 0 saturated heterocycles. The van der Waals surface area contributed by atoms with Gasteiger partial charge in [-0.25, -0.2) is 4.98 Å². The molecule has 2 aromatic carbocycles. The minimum atomic E-state index is -0.121. The number of aryl methyl sites for hydroxylation is 3. The van der Waals surface area contributed by atoms with Crippen LogP contribution < -0.4 is 10.6 Å². The molecule has 1 heterocycles. The number of carbonyl (C=O) groups is 2. The van der Waals surface area contributed by atoms with Crippen LogP contribution in [0.5, 0.6) is 0 Å². The number of hydrogen-bond acceptors (Lipinski definition) is 4. The van der Waals surface area contributed by atoms with Crippen LogP contribution >= 0.6 is 11.3 Å². The zero-order chi connectivity index (χ0) is 20.3. The fourth-order valence-electron chi connectivity index (χ4n) is 2.95. The van der Waals surface area contributed by atoms with Gasteiger partial charge in [-0.2, -0.15) is 0 Å². The zero-order valence-corrected chi connectivity index (χ0v) is 17.2. The van der Waals surface area contributed by atoms with Crippen molar-refractivity contribution in [2.45, 2.75) is 34.1 Å². The summed E-state index contributed by atoms with van der Waals surface area (Å²) < 4.78 is 0. The van der Waals surface area contributed by atoms with Crippen molar-refractivity contribution in [3.8, 4) is 11.3 Å². The predicted octanol–water partition coefficient (Wildman–Crippen LogP) is 4.87. The Morgan fingerprint density at radius 3 is 2.32 bits per heavy atom. The average Bonchev–Trinajstić information content (AvgIpc) is 3.07. The molecule has 0 spiro atoms. The number of rotatable bonds is 5. The van der Waals surface area contributed by atoms with E-state index in [2.05, 4.69) is 48.5 Å². The van der Waals surface area contributed by atoms with Crippen molar-refractivity contribution in [2.75, 3.05) is 10.6 Å². The van der Waals surface area contributed by atoms with Crippen molar-refractivity contribution in [1.82, 2.24) is 4.98 Å². The average molecular weight is 394 g/mol. The molecule has 0 fully saturated rings. The van der Waals surface area contributed by atoms with E-state index in [1.54, 1.807) is 12.1 Å². The summed E-state index contributed by atoms with van der Waals surface area (Å²) in [6, 6.07) is 11.5. The number of nitrogens with one attached hydrogen (secondary N) is 2. The lowest BCUT2D eigenvalue weighted by atomic mass is 9.99. The molecule has 5 nitrogen and oxygen atoms in total. The van der Waals surface area contributed by atoms with Gasteiger partial charge in [0.05, 0.1) is 12.1 Å². The highest BCUT2D eigenvalue weighted by Crippen LogP contribution is 2.29. The Kier molecular flexibility index (Phi) is 5.90. The normalized spacial score (nSPS) is 10.6. The number of carbonyl (C=O) groups excluding carboxylic acids is 2. The highest BCUT2D eigenvalue weighted by atomic mass is 32.1. The molecule has 0 radical (unpaired) electrons. The van der Waals surface area contributed by atoms with Crippen LogP contribution in [0.15, 0.2) is 41.8 Å². The number of benzene rings is 2. The molecule has 0 atom stereocenters. The van der Waals surface area contributed by atoms with Crippen LogP contribution in [0.1, 0.15) is 29.2 Å². The Bertz CT molecular complexity index is 1020. The molecule has 0 unspecified atom stereocenters. The van der Waals surface area contributed by atoms with Crippen molar-refractivity contribution in [2.24, 2.45) is 0 Å². The van der Waals surface area contributed by atoms with E-state index in [-0.39, 0.29) is 18.2 Å². The molecule has 1 aromatic heterocycles. The molecule has 3 rings (SSSR count). The maximum atomic E-state index is 12.3. The molecule has 28 heavy (non-hydrogen) atoms. The SMILES string of the molecule is CC(=O)Nc1ccc(CC(=O)Nc2nc(-c3cc(C)c(C)cc3C)cs2)cc1. The zero-order valence-electron chi connectivity index (χ0n) is 16.4. The Balaban J connectivity index is 1.66. The molecule has 2 N–H and O–H groups in total. The largest absolute Gasteiger partial charge is 0.326 e. The molecular weight excluding hydrogens is 370 g/mol. The topological polar surface area (TPSA) is 71.1 Å². The van der Waals surface area contributed by atoms with E-state index < -0.39 is 0 Å². The standard InChI is InChI=1S/C22H23N3O2S/c1-13-9-15(3)19(10-14(13)2)20-12-28-22(24-20)25-21(27)11-17-5-7-18(8-6-17)23-16(4)26/h5-10,12H,11H2,1-4H3,(H,23,26)(H,24,25,27). The number of thiazole rings is 1. The van der Waals surface area contributed by atoms with Crippen molar-refractivity contribution >= 4 is 34.0 Å². The predicted molar refractivity (Wildman–Crippen MR) is 115 cm³/mol. The van der Waals surface area contributed by atoms with E-state index in [0.29, 0.717) is 10.8 Å². The highest BCUT2D eigenvalue weighted by Gasteiger charge is 2.11. The minimum Gasteiger partial charge on any atom is -0.326 e. The number of hydrogen-bond donors (Lipinski definition) is 2. The second-order valence-corrected chi connectivity index (χ2v) is 7.75. The number of aromatic nitrogens is 1. The van der Waals surface area contributed by atoms with Crippen molar-refractivity contribution in [3.63, 3.8) is 0 Å². The molecule has 0 saturated carbocycles. The number of nitrogens with zero attached hydrogens (tertiary/aromatic N) is 1. The number of anilines is 2. The quantitative estimate of drug-likeness (QED) is 0.649. The van der Waals surface area contributed by atoms with Gasteiger partial charge in [-0.05, 0) is 61.2 Å². The van der Waals surface area contributed by atoms with Gasteiger partial charge in [0.25, 0.3) is 0 Å². The van der Waals surface area contributed by atoms with Gasteiger partial charge in [-0.15, -0.1) is 11.3 Å². The first kappa shape index (κ1) is 19.8. The van der Waals surface area contributed by atoms with E-state index in [9.17, 15) is 9.59 Å². The molecule has 3 aromatic rings. The monoisotopic (exact) mass is 393 g/mol. The maximum absolute atomic E-state index is 12.3. The van der Waals surface area contributed by atoms with Gasteiger partial charge < -0.3 is 10.6 Å². The van der Waals surface area contributed by atoms with Crippen molar-refractivity contribution in [3.05, 3.63) is 64.0 Å². The summed E-state index contributed by atoms with van der Waals surface area (Å²) in [6.45, 7) is 7.72. The first-order valence-corrected chi connectivity index (χ1v) is 9.90. The van der Waals surface area contributed by atoms with Gasteiger partial charge in [0, 0.05) is 23.6 Å². The Morgan fingerprint density at radius 2 is 1.64 bits per heavy atom. The lowest BCUT2D eigenvalue weighted by Gasteiger charge is -2.07. The molecule has 6 heteroatoms. The second-order valence-electron chi connectivity index (χ2n) is 6.89. The summed E-state index contributed by atoms with van der Waals surface area (Å²) >= 11 is 1.42. The highest BCUT2D eigenvalue weighted by molar-refractivity contribution is 7.14. The molecule has 0 bridgehead atoms. The van der Waals surface area contributed by atoms with E-state index in [1.807, 2.05) is 17.5 Å². The Labute approximate surface area is 168 Å². The molecule has 0 aliphatic heterocycles. The molecule has 144 valence electrons. The third kappa shape index (κ3) is 4.84. The third-order valence-electron chi connectivity index (χ3n) is 4.51. The fraction of sp³-hybridized carbons (Fsp3) is 0.227. The molecule has 2 amide bonds. The second kappa shape index (κ2) is 8.35. The number of amides is 2. The van der Waals surface area contributed by atoms with Crippen LogP contribution in [-0.4, -0.2) is 16.8 Å². The smallest absolute Gasteiger partial charge is 0.230 e. The molecular formula is C22H23N3O2S. The summed E-state index contributed by atoms with van der Waals surface area (Å²) in [6.07, 6.45) is 0.248. The first-order chi connectivity index (χ1) is 13.3. The van der Waals surface area contributed by atoms with Gasteiger partial charge in [-0.1, -0.05) is 18.2 Å². The summed E-state index contributed by atoms with van der Waals surface area (Å²) in [5, 5.41) is 8.14. The maximum Gasteiger partial charge on any atom is 0.230 e. The van der Waals surface area contributed by atoms with Crippen LogP contribution in [0.3, 0.4) is 0 Å². The van der Waals surface area contributed by atoms with Crippen LogP contribution in [0, 0.1) is 20.8 Å². The van der Waals surface area contributed by atoms with Crippen LogP contribution in [-0.2, 0) is 16.0 Å². The summed E-state index contributed by atoms with van der Waals surface area (Å²) in [4.78, 5) is 28.0. The Hall–Kier alpha value is -2.99. The van der Waals surface area contributed by atoms with Gasteiger partial charge in [0.1, 0.15) is 0 Å². The van der Waals surface area contributed by atoms with Crippen molar-refractivity contribution < 1.29 is 9.59 Å². The van der Waals surface area contributed by atoms with Crippen molar-refractivity contribution in [1.29, 1.82) is 0 Å². The van der Waals surface area contributed by atoms with Crippen LogP contribution in [0.2, 0.25) is 0 Å². The molecule has 0 aliphatic rings. The minimum absolute atomic E-state index is 0.120. The van der Waals surface area contributed by atoms with E-state index in [4.69, 9.17) is 0 Å². The van der Waals surface area contributed by atoms with Gasteiger partial charge >= 0.3 is 0 Å². The lowest BCUT2D eigenvalue weighted by molar-refractivity contribution is -0.116. The Morgan fingerprint density at radius 1 is 0.964 bits per heavy atom. The third-order valence-corrected chi connectivity index (χ3v) is 5.26. The summed E-state index contributed by atoms with van der Waals surface area (Å²) in [7, 11) is 0. The lowest BCUT2D eigenvalue weighted by Crippen LogP contribution is -2.14. The van der Waals surface area contributed by atoms with E-state index in [0.717, 1.165) is 16.8 Å². The van der Waals surface area contributed by atoms with Crippen LogP contribution in [0.4, 0.5) is 10.8 Å². The summed E-state index contributed by atoms with van der Waals surface area (Å²) in [5.41, 5.74) is 7.20. The van der Waals surface area contributed by atoms with Crippen LogP contribution in [0.25, 0.3) is 11.3 Å².